The molecule has 0 aliphatic carbocycles. The highest BCUT2D eigenvalue weighted by atomic mass is 35.5. The fourth-order valence-corrected chi connectivity index (χ4v) is 3.69. The normalized spacial score (nSPS) is 13.8. The zero-order chi connectivity index (χ0) is 27.4. The van der Waals surface area contributed by atoms with E-state index >= 15 is 0 Å². The highest BCUT2D eigenvalue weighted by Crippen LogP contribution is 2.42. The number of alkyl halides is 6. The summed E-state index contributed by atoms with van der Waals surface area (Å²) in [6.07, 6.45) is -9.42. The number of rotatable bonds is 8. The van der Waals surface area contributed by atoms with Crippen LogP contribution in [0.4, 0.5) is 30.7 Å². The van der Waals surface area contributed by atoms with E-state index in [2.05, 4.69) is 10.9 Å². The Hall–Kier alpha value is -2.01. The molecule has 2 rings (SSSR count). The Bertz CT molecular complexity index is 1110. The molecule has 1 atom stereocenters. The van der Waals surface area contributed by atoms with Crippen LogP contribution in [0.1, 0.15) is 53.2 Å². The van der Waals surface area contributed by atoms with Crippen LogP contribution >= 0.6 is 34.8 Å². The van der Waals surface area contributed by atoms with E-state index in [1.54, 1.807) is 0 Å². The average molecular weight is 580 g/mol. The van der Waals surface area contributed by atoms with E-state index in [4.69, 9.17) is 34.8 Å². The van der Waals surface area contributed by atoms with Gasteiger partial charge in [0.2, 0.25) is 0 Å². The summed E-state index contributed by atoms with van der Waals surface area (Å²) >= 11 is 17.3. The molecule has 0 radical (unpaired) electrons. The van der Waals surface area contributed by atoms with E-state index < -0.39 is 52.3 Å². The SMILES string of the molecule is CC(C)CCNNC(=O)c1ccc(/C(F)=C/C(c2cc(Cl)c(Cl)c(Cl)c2)C(F)(F)F)cc1C(F)(F)F. The number of hydrogen-bond acceptors (Lipinski definition) is 2. The van der Waals surface area contributed by atoms with Gasteiger partial charge in [-0.1, -0.05) is 54.7 Å². The second-order valence-corrected chi connectivity index (χ2v) is 9.35. The molecule has 0 aromatic heterocycles. The number of benzene rings is 2. The van der Waals surface area contributed by atoms with Crippen molar-refractivity contribution in [2.24, 2.45) is 5.92 Å². The molecule has 1 unspecified atom stereocenters. The third-order valence-corrected chi connectivity index (χ3v) is 6.12. The van der Waals surface area contributed by atoms with Crippen LogP contribution < -0.4 is 10.9 Å². The number of halogens is 10. The lowest BCUT2D eigenvalue weighted by Gasteiger charge is -2.19. The van der Waals surface area contributed by atoms with E-state index in [1.165, 1.54) is 0 Å². The Balaban J connectivity index is 2.46. The molecular weight excluding hydrogens is 560 g/mol. The van der Waals surface area contributed by atoms with Crippen molar-refractivity contribution >= 4 is 46.5 Å². The van der Waals surface area contributed by atoms with Gasteiger partial charge in [0.25, 0.3) is 5.91 Å². The van der Waals surface area contributed by atoms with Crippen LogP contribution in [-0.4, -0.2) is 18.6 Å². The quantitative estimate of drug-likeness (QED) is 0.142. The Kier molecular flexibility index (Phi) is 10.1. The number of nitrogens with one attached hydrogen (secondary N) is 2. The third kappa shape index (κ3) is 7.99. The van der Waals surface area contributed by atoms with Crippen LogP contribution in [0.3, 0.4) is 0 Å². The van der Waals surface area contributed by atoms with E-state index in [-0.39, 0.29) is 39.7 Å². The molecule has 0 saturated heterocycles. The summed E-state index contributed by atoms with van der Waals surface area (Å²) in [5.41, 5.74) is 0.879. The Morgan fingerprint density at radius 1 is 1.00 bits per heavy atom. The summed E-state index contributed by atoms with van der Waals surface area (Å²) in [4.78, 5) is 12.3. The van der Waals surface area contributed by atoms with Crippen LogP contribution in [0.15, 0.2) is 36.4 Å². The Labute approximate surface area is 217 Å². The molecule has 2 aromatic carbocycles. The standard InChI is InChI=1S/C23H20Cl3F7N2O/c1-11(2)5-6-34-35-21(36)14-4-3-12(7-16(14)23(31,32)33)19(27)10-15(22(28,29)30)13-8-17(24)20(26)18(25)9-13/h3-4,7-11,15,34H,5-6H2,1-2H3,(H,35,36)/b19-10-. The van der Waals surface area contributed by atoms with Crippen molar-refractivity contribution in [3.63, 3.8) is 0 Å². The second kappa shape index (κ2) is 12.0. The van der Waals surface area contributed by atoms with Gasteiger partial charge < -0.3 is 0 Å². The summed E-state index contributed by atoms with van der Waals surface area (Å²) < 4.78 is 96.9. The summed E-state index contributed by atoms with van der Waals surface area (Å²) in [6.45, 7) is 4.11. The molecule has 0 fully saturated rings. The van der Waals surface area contributed by atoms with Crippen molar-refractivity contribution in [3.05, 3.63) is 73.7 Å². The maximum Gasteiger partial charge on any atom is 0.417 e. The predicted octanol–water partition coefficient (Wildman–Crippen LogP) is 8.60. The second-order valence-electron chi connectivity index (χ2n) is 8.15. The first-order valence-electron chi connectivity index (χ1n) is 10.4. The first-order valence-corrected chi connectivity index (χ1v) is 11.5. The average Bonchev–Trinajstić information content (AvgIpc) is 2.76. The topological polar surface area (TPSA) is 41.1 Å². The molecule has 0 aliphatic heterocycles. The van der Waals surface area contributed by atoms with Gasteiger partial charge in [0.15, 0.2) is 0 Å². The van der Waals surface area contributed by atoms with Gasteiger partial charge in [-0.05, 0) is 48.2 Å². The van der Waals surface area contributed by atoms with Crippen LogP contribution in [0.25, 0.3) is 5.83 Å². The largest absolute Gasteiger partial charge is 0.417 e. The van der Waals surface area contributed by atoms with E-state index in [0.717, 1.165) is 18.2 Å². The monoisotopic (exact) mass is 578 g/mol. The molecule has 198 valence electrons. The van der Waals surface area contributed by atoms with Crippen LogP contribution in [0, 0.1) is 5.92 Å². The van der Waals surface area contributed by atoms with Crippen molar-refractivity contribution < 1.29 is 35.5 Å². The van der Waals surface area contributed by atoms with Crippen LogP contribution in [0.2, 0.25) is 15.1 Å². The molecule has 3 nitrogen and oxygen atoms in total. The molecule has 0 bridgehead atoms. The van der Waals surface area contributed by atoms with Gasteiger partial charge in [-0.3, -0.25) is 10.2 Å². The predicted molar refractivity (Wildman–Crippen MR) is 126 cm³/mol. The lowest BCUT2D eigenvalue weighted by molar-refractivity contribution is -0.140. The highest BCUT2D eigenvalue weighted by Gasteiger charge is 2.41. The number of carbonyl (C=O) groups excluding carboxylic acids is 1. The third-order valence-electron chi connectivity index (χ3n) is 4.92. The van der Waals surface area contributed by atoms with Crippen molar-refractivity contribution in [3.8, 4) is 0 Å². The minimum atomic E-state index is -5.10. The number of amides is 1. The fourth-order valence-electron chi connectivity index (χ4n) is 3.07. The first kappa shape index (κ1) is 30.2. The number of carbonyl (C=O) groups is 1. The minimum absolute atomic E-state index is 0.0958. The maximum absolute atomic E-state index is 14.9. The van der Waals surface area contributed by atoms with Crippen molar-refractivity contribution in [1.82, 2.24) is 10.9 Å². The summed E-state index contributed by atoms with van der Waals surface area (Å²) in [5, 5.41) is -0.854. The van der Waals surface area contributed by atoms with Crippen molar-refractivity contribution in [1.29, 1.82) is 0 Å². The van der Waals surface area contributed by atoms with E-state index in [1.807, 2.05) is 13.8 Å². The molecule has 13 heteroatoms. The summed E-state index contributed by atoms with van der Waals surface area (Å²) in [5.74, 6) is -5.07. The zero-order valence-electron chi connectivity index (χ0n) is 18.7. The first-order chi connectivity index (χ1) is 16.5. The smallest absolute Gasteiger partial charge is 0.287 e. The molecule has 2 N–H and O–H groups in total. The Morgan fingerprint density at radius 3 is 2.08 bits per heavy atom. The van der Waals surface area contributed by atoms with Crippen molar-refractivity contribution in [2.45, 2.75) is 38.5 Å². The minimum Gasteiger partial charge on any atom is -0.287 e. The summed E-state index contributed by atoms with van der Waals surface area (Å²) in [7, 11) is 0. The number of allylic oxidation sites excluding steroid dienone is 1. The maximum atomic E-state index is 14.9. The molecule has 1 amide bonds. The summed E-state index contributed by atoms with van der Waals surface area (Å²) in [6, 6.07) is 3.39. The lowest BCUT2D eigenvalue weighted by Crippen LogP contribution is -2.39. The molecule has 0 heterocycles. The highest BCUT2D eigenvalue weighted by molar-refractivity contribution is 6.48. The molecule has 0 aliphatic rings. The van der Waals surface area contributed by atoms with Crippen LogP contribution in [0.5, 0.6) is 0 Å². The molecule has 2 aromatic rings. The molecule has 0 spiro atoms. The van der Waals surface area contributed by atoms with Gasteiger partial charge in [0, 0.05) is 12.1 Å². The lowest BCUT2D eigenvalue weighted by atomic mass is 9.95. The molecule has 36 heavy (non-hydrogen) atoms. The van der Waals surface area contributed by atoms with Gasteiger partial charge >= 0.3 is 12.4 Å². The van der Waals surface area contributed by atoms with Gasteiger partial charge in [0.05, 0.1) is 26.2 Å². The Morgan fingerprint density at radius 2 is 1.58 bits per heavy atom. The van der Waals surface area contributed by atoms with Gasteiger partial charge in [0.1, 0.15) is 11.7 Å². The van der Waals surface area contributed by atoms with Gasteiger partial charge in [-0.25, -0.2) is 9.82 Å². The van der Waals surface area contributed by atoms with E-state index in [0.29, 0.717) is 12.5 Å². The molecular formula is C23H20Cl3F7N2O. The molecule has 0 saturated carbocycles. The zero-order valence-corrected chi connectivity index (χ0v) is 21.0. The fraction of sp³-hybridized carbons (Fsp3) is 0.348. The van der Waals surface area contributed by atoms with Crippen LogP contribution in [-0.2, 0) is 6.18 Å². The van der Waals surface area contributed by atoms with Crippen molar-refractivity contribution in [2.75, 3.05) is 6.54 Å². The van der Waals surface area contributed by atoms with E-state index in [9.17, 15) is 35.5 Å². The number of hydrazine groups is 1. The van der Waals surface area contributed by atoms with Gasteiger partial charge in [-0.2, -0.15) is 26.3 Å². The van der Waals surface area contributed by atoms with Gasteiger partial charge in [-0.15, -0.1) is 0 Å². The number of hydrogen-bond donors (Lipinski definition) is 2.